The third kappa shape index (κ3) is 2.28. The van der Waals surface area contributed by atoms with Gasteiger partial charge in [-0.3, -0.25) is 9.59 Å². The molecule has 0 atom stereocenters. The Balaban J connectivity index is 2.61. The van der Waals surface area contributed by atoms with E-state index in [-0.39, 0.29) is 12.3 Å². The quantitative estimate of drug-likeness (QED) is 0.378. The van der Waals surface area contributed by atoms with Crippen molar-refractivity contribution in [2.24, 2.45) is 0 Å². The molecule has 13 heavy (non-hydrogen) atoms. The van der Waals surface area contributed by atoms with Gasteiger partial charge in [0.25, 0.3) is 0 Å². The van der Waals surface area contributed by atoms with Crippen molar-refractivity contribution in [1.82, 2.24) is 0 Å². The molecule has 0 saturated heterocycles. The van der Waals surface area contributed by atoms with E-state index in [1.807, 2.05) is 0 Å². The fourth-order valence-corrected chi connectivity index (χ4v) is 1.73. The smallest absolute Gasteiger partial charge is 0.301 e. The van der Waals surface area contributed by atoms with Crippen LogP contribution in [-0.4, -0.2) is 17.9 Å². The maximum atomic E-state index is 11.3. The molecule has 0 aromatic carbocycles. The predicted octanol–water partition coefficient (Wildman–Crippen LogP) is 1.38. The second-order valence-corrected chi connectivity index (χ2v) is 3.39. The highest BCUT2D eigenvalue weighted by molar-refractivity contribution is 5.85. The number of hydrogen-bond acceptors (Lipinski definition) is 4. The van der Waals surface area contributed by atoms with Gasteiger partial charge in [0.1, 0.15) is 0 Å². The van der Waals surface area contributed by atoms with Crippen molar-refractivity contribution >= 4 is 12.3 Å². The number of ketones is 1. The fraction of sp³-hybridized carbons (Fsp3) is 0.778. The molecule has 1 aliphatic rings. The Hall–Kier alpha value is -0.900. The van der Waals surface area contributed by atoms with E-state index in [0.29, 0.717) is 12.8 Å². The van der Waals surface area contributed by atoms with Gasteiger partial charge in [-0.05, 0) is 32.6 Å². The Morgan fingerprint density at radius 2 is 1.92 bits per heavy atom. The molecule has 4 nitrogen and oxygen atoms in total. The number of carbonyl (C=O) groups excluding carboxylic acids is 2. The lowest BCUT2D eigenvalue weighted by Gasteiger charge is -2.31. The molecule has 0 N–H and O–H groups in total. The van der Waals surface area contributed by atoms with Gasteiger partial charge in [0.2, 0.25) is 0 Å². The summed E-state index contributed by atoms with van der Waals surface area (Å²) in [4.78, 5) is 30.4. The van der Waals surface area contributed by atoms with Gasteiger partial charge in [-0.15, -0.1) is 0 Å². The lowest BCUT2D eigenvalue weighted by Crippen LogP contribution is -2.41. The van der Waals surface area contributed by atoms with Gasteiger partial charge < -0.3 is 4.89 Å². The van der Waals surface area contributed by atoms with Crippen molar-refractivity contribution < 1.29 is 19.4 Å². The van der Waals surface area contributed by atoms with Crippen LogP contribution in [0.4, 0.5) is 0 Å². The molecular formula is C9H14O4. The summed E-state index contributed by atoms with van der Waals surface area (Å²) in [5.74, 6) is -0.0611. The van der Waals surface area contributed by atoms with Crippen LogP contribution in [0.1, 0.15) is 39.0 Å². The first kappa shape index (κ1) is 10.2. The van der Waals surface area contributed by atoms with E-state index in [0.717, 1.165) is 19.3 Å². The standard InChI is InChI=1S/C9H14O4/c1-8(11)9(13-12-7-10)5-3-2-4-6-9/h7H,2-6H2,1H3. The van der Waals surface area contributed by atoms with Crippen LogP contribution in [0.15, 0.2) is 0 Å². The molecule has 1 aliphatic carbocycles. The number of Topliss-reactive ketones (excluding diaryl/α,β-unsaturated/α-hetero) is 1. The summed E-state index contributed by atoms with van der Waals surface area (Å²) in [5, 5.41) is 0. The summed E-state index contributed by atoms with van der Waals surface area (Å²) in [6.45, 7) is 1.68. The topological polar surface area (TPSA) is 52.6 Å². The third-order valence-electron chi connectivity index (χ3n) is 2.55. The number of rotatable bonds is 4. The summed E-state index contributed by atoms with van der Waals surface area (Å²) in [7, 11) is 0. The molecule has 0 heterocycles. The molecule has 4 heteroatoms. The maximum Gasteiger partial charge on any atom is 0.330 e. The summed E-state index contributed by atoms with van der Waals surface area (Å²) in [6.07, 6.45) is 4.30. The van der Waals surface area contributed by atoms with Crippen LogP contribution >= 0.6 is 0 Å². The van der Waals surface area contributed by atoms with Crippen LogP contribution in [0.2, 0.25) is 0 Å². The second kappa shape index (κ2) is 4.37. The van der Waals surface area contributed by atoms with Crippen LogP contribution in [0, 0.1) is 0 Å². The average Bonchev–Trinajstić information content (AvgIpc) is 2.16. The molecule has 1 fully saturated rings. The Morgan fingerprint density at radius 1 is 1.31 bits per heavy atom. The predicted molar refractivity (Wildman–Crippen MR) is 44.7 cm³/mol. The minimum Gasteiger partial charge on any atom is -0.301 e. The lowest BCUT2D eigenvalue weighted by molar-refractivity contribution is -0.318. The summed E-state index contributed by atoms with van der Waals surface area (Å²) >= 11 is 0. The number of carbonyl (C=O) groups is 2. The Labute approximate surface area is 77.1 Å². The fourth-order valence-electron chi connectivity index (χ4n) is 1.73. The van der Waals surface area contributed by atoms with Crippen molar-refractivity contribution in [1.29, 1.82) is 0 Å². The van der Waals surface area contributed by atoms with Crippen molar-refractivity contribution in [2.75, 3.05) is 0 Å². The zero-order valence-corrected chi connectivity index (χ0v) is 7.75. The van der Waals surface area contributed by atoms with Gasteiger partial charge in [-0.25, -0.2) is 0 Å². The van der Waals surface area contributed by atoms with Crippen LogP contribution in [0.25, 0.3) is 0 Å². The van der Waals surface area contributed by atoms with Crippen LogP contribution in [0.3, 0.4) is 0 Å². The van der Waals surface area contributed by atoms with Gasteiger partial charge in [-0.1, -0.05) is 6.42 Å². The zero-order valence-electron chi connectivity index (χ0n) is 7.75. The summed E-state index contributed by atoms with van der Waals surface area (Å²) < 4.78 is 0. The monoisotopic (exact) mass is 186 g/mol. The molecule has 74 valence electrons. The second-order valence-electron chi connectivity index (χ2n) is 3.39. The van der Waals surface area contributed by atoms with E-state index in [4.69, 9.17) is 4.89 Å². The largest absolute Gasteiger partial charge is 0.330 e. The minimum atomic E-state index is -0.862. The summed E-state index contributed by atoms with van der Waals surface area (Å²) in [5.41, 5.74) is -0.862. The highest BCUT2D eigenvalue weighted by atomic mass is 17.2. The Morgan fingerprint density at radius 3 is 2.38 bits per heavy atom. The third-order valence-corrected chi connectivity index (χ3v) is 2.55. The molecule has 0 aromatic rings. The highest BCUT2D eigenvalue weighted by Gasteiger charge is 2.39. The van der Waals surface area contributed by atoms with Crippen LogP contribution in [-0.2, 0) is 19.4 Å². The molecule has 0 radical (unpaired) electrons. The van der Waals surface area contributed by atoms with Crippen molar-refractivity contribution in [3.8, 4) is 0 Å². The maximum absolute atomic E-state index is 11.3. The molecule has 0 aliphatic heterocycles. The van der Waals surface area contributed by atoms with E-state index in [9.17, 15) is 9.59 Å². The van der Waals surface area contributed by atoms with Gasteiger partial charge in [-0.2, -0.15) is 4.89 Å². The van der Waals surface area contributed by atoms with E-state index in [1.54, 1.807) is 0 Å². The first-order valence-corrected chi connectivity index (χ1v) is 4.50. The summed E-state index contributed by atoms with van der Waals surface area (Å²) in [6, 6.07) is 0. The van der Waals surface area contributed by atoms with Gasteiger partial charge >= 0.3 is 6.47 Å². The SMILES string of the molecule is CC(=O)C1(OOC=O)CCCCC1. The van der Waals surface area contributed by atoms with E-state index in [1.165, 1.54) is 6.92 Å². The average molecular weight is 186 g/mol. The Bertz CT molecular complexity index is 194. The molecular weight excluding hydrogens is 172 g/mol. The zero-order chi connectivity index (χ0) is 9.73. The van der Waals surface area contributed by atoms with E-state index >= 15 is 0 Å². The van der Waals surface area contributed by atoms with Crippen LogP contribution < -0.4 is 0 Å². The van der Waals surface area contributed by atoms with Gasteiger partial charge in [0, 0.05) is 0 Å². The van der Waals surface area contributed by atoms with E-state index in [2.05, 4.69) is 4.89 Å². The first-order chi connectivity index (χ1) is 6.21. The molecule has 0 spiro atoms. The minimum absolute atomic E-state index is 0.0611. The number of hydrogen-bond donors (Lipinski definition) is 0. The molecule has 0 amide bonds. The molecule has 0 unspecified atom stereocenters. The Kier molecular flexibility index (Phi) is 3.42. The lowest BCUT2D eigenvalue weighted by atomic mass is 9.82. The molecule has 1 rings (SSSR count). The molecule has 0 bridgehead atoms. The van der Waals surface area contributed by atoms with Crippen molar-refractivity contribution in [3.05, 3.63) is 0 Å². The normalized spacial score (nSPS) is 20.7. The van der Waals surface area contributed by atoms with E-state index < -0.39 is 5.60 Å². The van der Waals surface area contributed by atoms with Crippen molar-refractivity contribution in [2.45, 2.75) is 44.6 Å². The molecule has 1 saturated carbocycles. The van der Waals surface area contributed by atoms with Gasteiger partial charge in [0.15, 0.2) is 11.4 Å². The van der Waals surface area contributed by atoms with Crippen molar-refractivity contribution in [3.63, 3.8) is 0 Å². The van der Waals surface area contributed by atoms with Gasteiger partial charge in [0.05, 0.1) is 0 Å². The molecule has 0 aromatic heterocycles. The highest BCUT2D eigenvalue weighted by Crippen LogP contribution is 2.32. The van der Waals surface area contributed by atoms with Crippen LogP contribution in [0.5, 0.6) is 0 Å². The first-order valence-electron chi connectivity index (χ1n) is 4.50.